The van der Waals surface area contributed by atoms with Crippen LogP contribution in [0, 0.1) is 0 Å². The van der Waals surface area contributed by atoms with Crippen molar-refractivity contribution in [1.82, 2.24) is 4.72 Å². The topological polar surface area (TPSA) is 399 Å². The van der Waals surface area contributed by atoms with E-state index in [-0.39, 0.29) is 43.4 Å². The molecule has 0 aliphatic heterocycles. The normalized spacial score (nSPS) is 13.0. The van der Waals surface area contributed by atoms with Gasteiger partial charge in [-0.2, -0.15) is 40.6 Å². The van der Waals surface area contributed by atoms with Crippen molar-refractivity contribution in [1.29, 1.82) is 0 Å². The summed E-state index contributed by atoms with van der Waals surface area (Å²) in [5, 5.41) is 33.6. The lowest BCUT2D eigenvalue weighted by Crippen LogP contribution is -2.21. The lowest BCUT2D eigenvalue weighted by Gasteiger charge is -2.14. The number of aromatic hydroxyl groups is 1. The highest BCUT2D eigenvalue weighted by Crippen LogP contribution is 2.48. The molecule has 5 aromatic carbocycles. The third kappa shape index (κ3) is 13.3. The second-order valence-electron chi connectivity index (χ2n) is 13.3. The van der Waals surface area contributed by atoms with Crippen molar-refractivity contribution in [2.24, 2.45) is 30.7 Å². The van der Waals surface area contributed by atoms with Gasteiger partial charge in [0.25, 0.3) is 30.3 Å². The van der Waals surface area contributed by atoms with Crippen LogP contribution in [0.15, 0.2) is 166 Å². The lowest BCUT2D eigenvalue weighted by molar-refractivity contribution is 0.416. The number of hydrogen-bond donors (Lipinski definition) is 7. The summed E-state index contributed by atoms with van der Waals surface area (Å²) >= 11 is 0. The maximum atomic E-state index is 13.1. The van der Waals surface area contributed by atoms with E-state index in [9.17, 15) is 56.3 Å². The van der Waals surface area contributed by atoms with Crippen LogP contribution in [-0.2, 0) is 49.2 Å². The summed E-state index contributed by atoms with van der Waals surface area (Å²) in [7, 11) is -21.9. The molecule has 0 aliphatic carbocycles. The third-order valence-corrected chi connectivity index (χ3v) is 15.8. The number of allylic oxidation sites excluding steroid dienone is 2. The molecule has 0 atom stereocenters. The number of methoxy groups -OCH3 is 1. The van der Waals surface area contributed by atoms with Crippen LogP contribution in [0.2, 0.25) is 0 Å². The van der Waals surface area contributed by atoms with E-state index >= 15 is 0 Å². The van der Waals surface area contributed by atoms with Gasteiger partial charge in [0, 0.05) is 23.2 Å². The zero-order valence-electron chi connectivity index (χ0n) is 34.1. The number of hydrogen-bond acceptors (Lipinski definition) is 21. The van der Waals surface area contributed by atoms with Gasteiger partial charge in [-0.15, -0.1) is 15.3 Å². The van der Waals surface area contributed by atoms with E-state index in [0.717, 1.165) is 48.5 Å². The van der Waals surface area contributed by atoms with Gasteiger partial charge in [0.05, 0.1) is 50.8 Å². The molecule has 0 spiro atoms. The van der Waals surface area contributed by atoms with Gasteiger partial charge in [-0.3, -0.25) is 18.4 Å². The molecular weight excluding hydrogens is 1000 g/mol. The molecule has 0 bridgehead atoms. The number of phenols is 1. The Labute approximate surface area is 386 Å². The molecule has 0 radical (unpaired) electrons. The number of nitrogens with zero attached hydrogens (tertiary/aromatic N) is 6. The van der Waals surface area contributed by atoms with Gasteiger partial charge in [-0.1, -0.05) is 13.2 Å². The highest BCUT2D eigenvalue weighted by molar-refractivity contribution is 8.70. The number of fused-ring (bicyclic) bond motifs is 1. The number of nitrogens with one attached hydrogen (secondary N) is 1. The predicted molar refractivity (Wildman–Crippen MR) is 247 cm³/mol. The van der Waals surface area contributed by atoms with E-state index in [1.165, 1.54) is 19.3 Å². The highest BCUT2D eigenvalue weighted by Gasteiger charge is 2.28. The summed E-state index contributed by atoms with van der Waals surface area (Å²) in [5.41, 5.74) is 10.2. The van der Waals surface area contributed by atoms with E-state index in [2.05, 4.69) is 48.6 Å². The molecule has 0 saturated carbocycles. The molecule has 24 nitrogen and oxygen atoms in total. The molecule has 0 aliphatic rings. The van der Waals surface area contributed by atoms with Crippen molar-refractivity contribution in [3.05, 3.63) is 116 Å². The molecule has 354 valence electrons. The smallest absolute Gasteiger partial charge is 0.319 e. The minimum absolute atomic E-state index is 0.00920. The van der Waals surface area contributed by atoms with Crippen LogP contribution in [0.3, 0.4) is 0 Å². The first-order valence-electron chi connectivity index (χ1n) is 18.0. The fourth-order valence-electron chi connectivity index (χ4n) is 5.49. The first-order chi connectivity index (χ1) is 31.1. The highest BCUT2D eigenvalue weighted by atomic mass is 33.1. The number of phenolic OH excluding ortho intramolecular Hbond substituents is 1. The number of sulfone groups is 1. The van der Waals surface area contributed by atoms with Crippen LogP contribution in [0.5, 0.6) is 11.5 Å². The largest absolute Gasteiger partial charge is 0.505 e. The van der Waals surface area contributed by atoms with Crippen molar-refractivity contribution >= 4 is 111 Å². The van der Waals surface area contributed by atoms with E-state index in [0.29, 0.717) is 29.3 Å². The van der Waals surface area contributed by atoms with Gasteiger partial charge in [0.1, 0.15) is 32.6 Å². The maximum absolute atomic E-state index is 13.1. The molecule has 0 amide bonds. The number of sulfonamides is 1. The molecule has 0 fully saturated rings. The first-order valence-corrected chi connectivity index (χ1v) is 26.9. The number of anilines is 2. The molecule has 0 aromatic heterocycles. The fraction of sp³-hybridized carbons (Fsp3) is 0.0811. The number of azo groups is 3. The van der Waals surface area contributed by atoms with Gasteiger partial charge in [0.15, 0.2) is 15.6 Å². The summed E-state index contributed by atoms with van der Waals surface area (Å²) in [6.07, 6.45) is 2.60. The minimum atomic E-state index is -5.28. The van der Waals surface area contributed by atoms with Gasteiger partial charge >= 0.3 is 9.15 Å². The molecule has 67 heavy (non-hydrogen) atoms. The number of nitrogen functional groups attached to an aromatic ring is 2. The molecule has 5 rings (SSSR count). The van der Waals surface area contributed by atoms with Crippen molar-refractivity contribution in [2.75, 3.05) is 30.1 Å². The molecule has 0 unspecified atom stereocenters. The number of benzene rings is 5. The van der Waals surface area contributed by atoms with Crippen molar-refractivity contribution in [2.45, 2.75) is 19.6 Å². The second-order valence-corrected chi connectivity index (χ2v) is 23.3. The van der Waals surface area contributed by atoms with Crippen LogP contribution in [0.4, 0.5) is 39.8 Å². The van der Waals surface area contributed by atoms with E-state index in [1.54, 1.807) is 18.2 Å². The van der Waals surface area contributed by atoms with Crippen molar-refractivity contribution in [3.8, 4) is 11.5 Å². The Hall–Kier alpha value is -6.64. The Morgan fingerprint density at radius 2 is 1.25 bits per heavy atom. The molecule has 30 heteroatoms. The first kappa shape index (κ1) is 51.3. The molecule has 0 heterocycles. The van der Waals surface area contributed by atoms with Gasteiger partial charge in [0.2, 0.25) is 0 Å². The van der Waals surface area contributed by atoms with E-state index in [4.69, 9.17) is 20.8 Å². The Morgan fingerprint density at radius 1 is 0.716 bits per heavy atom. The minimum Gasteiger partial charge on any atom is -0.505 e. The van der Waals surface area contributed by atoms with Crippen molar-refractivity contribution < 1.29 is 65.6 Å². The van der Waals surface area contributed by atoms with Crippen LogP contribution in [0.25, 0.3) is 10.8 Å². The van der Waals surface area contributed by atoms with Gasteiger partial charge < -0.3 is 21.3 Å². The summed E-state index contributed by atoms with van der Waals surface area (Å²) in [6, 6.07) is 14.9. The second kappa shape index (κ2) is 20.1. The van der Waals surface area contributed by atoms with E-state index in [1.807, 2.05) is 0 Å². The standard InChI is InChI=1S/C37H35N9O15S6/c1-21(40-43-29-15-6-24(38)20-30(29)61-3)4-5-22(2)46-64(50,51)28-13-9-26(10-14-28)42-45-36-32(66(55,56)57)19-23-18-31(65(52,53)54)35(34(39)33(23)37(36)47)44-41-25-7-11-27(12-8-25)63(48,49)17-16-62-67(58,59)60/h4-15,18-20,46-47H,1-2,16-17,38-39H2,3H3,(H,52,53,54)(H,55,56,57)(H,58,59,60)/b5-4-,43-40?,44-41?,45-42?. The summed E-state index contributed by atoms with van der Waals surface area (Å²) < 4.78 is 160. The molecular formula is C37H35N9O15S6. The third-order valence-electron chi connectivity index (χ3n) is 8.56. The van der Waals surface area contributed by atoms with Gasteiger partial charge in [-0.05, 0) is 101 Å². The fourth-order valence-corrected chi connectivity index (χ4v) is 11.2. The van der Waals surface area contributed by atoms with Crippen LogP contribution in [0.1, 0.15) is 0 Å². The summed E-state index contributed by atoms with van der Waals surface area (Å²) in [6.45, 7) is 7.38. The zero-order valence-corrected chi connectivity index (χ0v) is 39.0. The molecule has 0 saturated heterocycles. The maximum Gasteiger partial charge on any atom is 0.319 e. The average Bonchev–Trinajstić information content (AvgIpc) is 3.23. The van der Waals surface area contributed by atoms with Gasteiger partial charge in [-0.25, -0.2) is 16.8 Å². The van der Waals surface area contributed by atoms with Crippen LogP contribution < -0.4 is 20.9 Å². The van der Waals surface area contributed by atoms with Crippen LogP contribution >= 0.6 is 10.8 Å². The molecule has 9 N–H and O–H groups in total. The Balaban J connectivity index is 1.41. The lowest BCUT2D eigenvalue weighted by atomic mass is 10.1. The molecule has 5 aromatic rings. The number of ether oxygens (including phenoxy) is 1. The Morgan fingerprint density at radius 3 is 1.79 bits per heavy atom. The predicted octanol–water partition coefficient (Wildman–Crippen LogP) is 7.00. The monoisotopic (exact) mass is 1040 g/mol. The Bertz CT molecular complexity index is 3510. The number of rotatable bonds is 19. The number of nitrogens with two attached hydrogens (primary N) is 2. The summed E-state index contributed by atoms with van der Waals surface area (Å²) in [5.74, 6) is -1.88. The quantitative estimate of drug-likeness (QED) is 0.0144. The SMILES string of the molecule is C=C(/C=C\C(=C)NS(=O)(=O)c1ccc(N=Nc2c(S(=O)(=O)O)cc3cc(S(=O)(=O)O)c(N=Nc4ccc(S(=O)(=O)CCSS(=O)(=O)O)cc4)c(N)c3c2O)cc1)N=Nc1ccc(N)cc1OC. The van der Waals surface area contributed by atoms with Crippen LogP contribution in [-0.4, -0.2) is 79.5 Å². The summed E-state index contributed by atoms with van der Waals surface area (Å²) in [4.78, 5) is -2.72. The Kier molecular flexibility index (Phi) is 15.4. The van der Waals surface area contributed by atoms with E-state index < -0.39 is 104 Å². The zero-order chi connectivity index (χ0) is 49.7. The average molecular weight is 1040 g/mol. The van der Waals surface area contributed by atoms with Crippen molar-refractivity contribution in [3.63, 3.8) is 0 Å².